The maximum atomic E-state index is 13.2. The van der Waals surface area contributed by atoms with Crippen LogP contribution in [0.5, 0.6) is 0 Å². The van der Waals surface area contributed by atoms with E-state index >= 15 is 0 Å². The molecule has 21 heavy (non-hydrogen) atoms. The fourth-order valence-corrected chi connectivity index (χ4v) is 3.21. The van der Waals surface area contributed by atoms with Crippen LogP contribution in [0.15, 0.2) is 42.5 Å². The Balaban J connectivity index is 1.84. The van der Waals surface area contributed by atoms with Crippen LogP contribution in [-0.2, 0) is 6.42 Å². The molecule has 0 spiro atoms. The largest absolute Gasteiger partial charge is 0.332 e. The molecule has 0 aromatic heterocycles. The van der Waals surface area contributed by atoms with Gasteiger partial charge in [0.2, 0.25) is 0 Å². The van der Waals surface area contributed by atoms with Crippen LogP contribution < -0.4 is 10.2 Å². The number of thiocarbonyl (C=S) groups is 1. The van der Waals surface area contributed by atoms with E-state index in [1.807, 2.05) is 12.1 Å². The summed E-state index contributed by atoms with van der Waals surface area (Å²) in [5, 5.41) is 3.80. The van der Waals surface area contributed by atoms with Crippen molar-refractivity contribution in [2.24, 2.45) is 0 Å². The number of para-hydroxylation sites is 1. The second-order valence-electron chi connectivity index (χ2n) is 5.11. The lowest BCUT2D eigenvalue weighted by atomic mass is 10.1. The predicted octanol–water partition coefficient (Wildman–Crippen LogP) is 4.63. The van der Waals surface area contributed by atoms with Gasteiger partial charge in [0, 0.05) is 17.4 Å². The van der Waals surface area contributed by atoms with Crippen molar-refractivity contribution in [2.75, 3.05) is 10.2 Å². The third-order valence-electron chi connectivity index (χ3n) is 3.60. The van der Waals surface area contributed by atoms with Gasteiger partial charge < -0.3 is 10.2 Å². The summed E-state index contributed by atoms with van der Waals surface area (Å²) in [6.45, 7) is 2.13. The van der Waals surface area contributed by atoms with E-state index in [2.05, 4.69) is 29.3 Å². The number of anilines is 2. The van der Waals surface area contributed by atoms with Crippen molar-refractivity contribution in [3.05, 3.63) is 58.9 Å². The molecule has 5 heteroatoms. The molecule has 0 aliphatic carbocycles. The van der Waals surface area contributed by atoms with Gasteiger partial charge in [-0.05, 0) is 55.4 Å². The second kappa shape index (κ2) is 5.62. The molecule has 3 rings (SSSR count). The van der Waals surface area contributed by atoms with Crippen LogP contribution in [0, 0.1) is 5.82 Å². The van der Waals surface area contributed by atoms with Gasteiger partial charge in [-0.25, -0.2) is 4.39 Å². The Kier molecular flexibility index (Phi) is 3.83. The van der Waals surface area contributed by atoms with Crippen LogP contribution in [0.2, 0.25) is 5.02 Å². The molecule has 0 amide bonds. The smallest absolute Gasteiger partial charge is 0.178 e. The Morgan fingerprint density at radius 2 is 2.10 bits per heavy atom. The van der Waals surface area contributed by atoms with Crippen LogP contribution in [0.25, 0.3) is 0 Å². The zero-order valence-electron chi connectivity index (χ0n) is 11.4. The van der Waals surface area contributed by atoms with Gasteiger partial charge >= 0.3 is 0 Å². The number of rotatable bonds is 1. The summed E-state index contributed by atoms with van der Waals surface area (Å²) in [4.78, 5) is 2.09. The number of halogens is 2. The molecule has 0 radical (unpaired) electrons. The van der Waals surface area contributed by atoms with Gasteiger partial charge in [0.25, 0.3) is 0 Å². The third-order valence-corrected chi connectivity index (χ3v) is 4.19. The minimum absolute atomic E-state index is 0.0812. The Morgan fingerprint density at radius 1 is 1.33 bits per heavy atom. The fraction of sp³-hybridized carbons (Fsp3) is 0.188. The molecule has 0 bridgehead atoms. The molecular weight excluding hydrogens is 307 g/mol. The highest BCUT2D eigenvalue weighted by atomic mass is 35.5. The molecule has 2 aromatic carbocycles. The summed E-state index contributed by atoms with van der Waals surface area (Å²) in [6, 6.07) is 13.0. The first-order valence-electron chi connectivity index (χ1n) is 6.69. The van der Waals surface area contributed by atoms with Crippen LogP contribution in [0.3, 0.4) is 0 Å². The molecule has 2 nitrogen and oxygen atoms in total. The summed E-state index contributed by atoms with van der Waals surface area (Å²) in [6.07, 6.45) is 0.960. The molecule has 108 valence electrons. The molecule has 1 heterocycles. The van der Waals surface area contributed by atoms with Gasteiger partial charge in [0.15, 0.2) is 5.11 Å². The van der Waals surface area contributed by atoms with Crippen molar-refractivity contribution < 1.29 is 4.39 Å². The lowest BCUT2D eigenvalue weighted by Gasteiger charge is -2.26. The van der Waals surface area contributed by atoms with E-state index in [0.29, 0.717) is 16.8 Å². The maximum absolute atomic E-state index is 13.2. The second-order valence-corrected chi connectivity index (χ2v) is 5.90. The molecule has 0 saturated heterocycles. The van der Waals surface area contributed by atoms with Crippen molar-refractivity contribution in [3.8, 4) is 0 Å². The molecule has 0 fully saturated rings. The lowest BCUT2D eigenvalue weighted by Crippen LogP contribution is -2.38. The first-order chi connectivity index (χ1) is 10.1. The molecular formula is C16H14ClFN2S. The van der Waals surface area contributed by atoms with Crippen molar-refractivity contribution in [3.63, 3.8) is 0 Å². The van der Waals surface area contributed by atoms with E-state index < -0.39 is 5.82 Å². The van der Waals surface area contributed by atoms with Crippen molar-refractivity contribution in [1.29, 1.82) is 0 Å². The van der Waals surface area contributed by atoms with Crippen LogP contribution in [0.1, 0.15) is 12.5 Å². The van der Waals surface area contributed by atoms with Gasteiger partial charge in [0.05, 0.1) is 5.02 Å². The van der Waals surface area contributed by atoms with Gasteiger partial charge in [0.1, 0.15) is 5.82 Å². The lowest BCUT2D eigenvalue weighted by molar-refractivity contribution is 0.628. The predicted molar refractivity (Wildman–Crippen MR) is 89.7 cm³/mol. The summed E-state index contributed by atoms with van der Waals surface area (Å²) < 4.78 is 13.2. The highest BCUT2D eigenvalue weighted by Crippen LogP contribution is 2.32. The number of hydrogen-bond donors (Lipinski definition) is 1. The van der Waals surface area contributed by atoms with E-state index in [-0.39, 0.29) is 5.02 Å². The standard InChI is InChI=1S/C16H14ClFN2S/c1-10-8-11-4-2-3-5-15(11)20(10)16(21)19-12-6-7-14(18)13(17)9-12/h2-7,9-10H,8H2,1H3,(H,19,21). The van der Waals surface area contributed by atoms with Gasteiger partial charge in [-0.2, -0.15) is 0 Å². The average molecular weight is 321 g/mol. The third kappa shape index (κ3) is 2.74. The first kappa shape index (κ1) is 14.3. The van der Waals surface area contributed by atoms with Gasteiger partial charge in [-0.3, -0.25) is 0 Å². The van der Waals surface area contributed by atoms with Gasteiger partial charge in [-0.15, -0.1) is 0 Å². The molecule has 1 N–H and O–H groups in total. The molecule has 1 unspecified atom stereocenters. The van der Waals surface area contributed by atoms with E-state index in [9.17, 15) is 4.39 Å². The van der Waals surface area contributed by atoms with Crippen molar-refractivity contribution in [1.82, 2.24) is 0 Å². The minimum Gasteiger partial charge on any atom is -0.332 e. The monoisotopic (exact) mass is 320 g/mol. The summed E-state index contributed by atoms with van der Waals surface area (Å²) in [5.41, 5.74) is 3.09. The van der Waals surface area contributed by atoms with E-state index in [1.54, 1.807) is 6.07 Å². The number of hydrogen-bond acceptors (Lipinski definition) is 1. The Morgan fingerprint density at radius 3 is 2.86 bits per heavy atom. The van der Waals surface area contributed by atoms with Crippen LogP contribution >= 0.6 is 23.8 Å². The Hall–Kier alpha value is -1.65. The number of fused-ring (bicyclic) bond motifs is 1. The molecule has 2 aromatic rings. The highest BCUT2D eigenvalue weighted by molar-refractivity contribution is 7.80. The van der Waals surface area contributed by atoms with Crippen molar-refractivity contribution >= 4 is 40.3 Å². The van der Waals surface area contributed by atoms with Crippen LogP contribution in [0.4, 0.5) is 15.8 Å². The average Bonchev–Trinajstić information content (AvgIpc) is 2.78. The maximum Gasteiger partial charge on any atom is 0.178 e. The minimum atomic E-state index is -0.437. The summed E-state index contributed by atoms with van der Waals surface area (Å²) >= 11 is 11.3. The quantitative estimate of drug-likeness (QED) is 0.771. The van der Waals surface area contributed by atoms with E-state index in [0.717, 1.165) is 12.1 Å². The molecule has 0 saturated carbocycles. The first-order valence-corrected chi connectivity index (χ1v) is 7.48. The van der Waals surface area contributed by atoms with Gasteiger partial charge in [-0.1, -0.05) is 29.8 Å². The summed E-state index contributed by atoms with van der Waals surface area (Å²) in [5.74, 6) is -0.437. The SMILES string of the molecule is CC1Cc2ccccc2N1C(=S)Nc1ccc(F)c(Cl)c1. The zero-order chi connectivity index (χ0) is 15.0. The number of nitrogens with zero attached hydrogens (tertiary/aromatic N) is 1. The molecule has 1 atom stereocenters. The number of nitrogens with one attached hydrogen (secondary N) is 1. The van der Waals surface area contributed by atoms with Crippen LogP contribution in [-0.4, -0.2) is 11.2 Å². The Labute approximate surface area is 133 Å². The summed E-state index contributed by atoms with van der Waals surface area (Å²) in [7, 11) is 0. The fourth-order valence-electron chi connectivity index (χ4n) is 2.63. The van der Waals surface area contributed by atoms with Crippen molar-refractivity contribution in [2.45, 2.75) is 19.4 Å². The Bertz CT molecular complexity index is 704. The van der Waals surface area contributed by atoms with E-state index in [4.69, 9.17) is 23.8 Å². The topological polar surface area (TPSA) is 15.3 Å². The molecule has 1 aliphatic rings. The number of benzene rings is 2. The van der Waals surface area contributed by atoms with E-state index in [1.165, 1.54) is 17.7 Å². The normalized spacial score (nSPS) is 16.7. The highest BCUT2D eigenvalue weighted by Gasteiger charge is 2.28. The zero-order valence-corrected chi connectivity index (χ0v) is 13.0. The molecule has 1 aliphatic heterocycles.